The highest BCUT2D eigenvalue weighted by Crippen LogP contribution is 2.32. The lowest BCUT2D eigenvalue weighted by Gasteiger charge is -2.20. The number of aromatic nitrogens is 3. The molecular formula is C18H14ClN3O2. The fraction of sp³-hybridized carbons (Fsp3) is 0.111. The SMILES string of the molecule is Cn1c(=O)oc2cc(C(c3ccccc3Cl)n3ccnc3)ccc21. The van der Waals surface area contributed by atoms with Gasteiger partial charge >= 0.3 is 5.76 Å². The Hall–Kier alpha value is -2.79. The van der Waals surface area contributed by atoms with Gasteiger partial charge in [0.1, 0.15) is 0 Å². The van der Waals surface area contributed by atoms with Gasteiger partial charge in [-0.15, -0.1) is 0 Å². The Labute approximate surface area is 142 Å². The molecule has 0 N–H and O–H groups in total. The maximum atomic E-state index is 11.7. The number of halogens is 1. The molecule has 0 saturated heterocycles. The predicted octanol–water partition coefficient (Wildman–Crippen LogP) is 3.62. The highest BCUT2D eigenvalue weighted by Gasteiger charge is 2.20. The van der Waals surface area contributed by atoms with Gasteiger partial charge in [-0.25, -0.2) is 9.78 Å². The van der Waals surface area contributed by atoms with Gasteiger partial charge in [-0.3, -0.25) is 4.57 Å². The molecule has 2 aromatic heterocycles. The van der Waals surface area contributed by atoms with Crippen molar-refractivity contribution < 1.29 is 4.42 Å². The summed E-state index contributed by atoms with van der Waals surface area (Å²) in [6, 6.07) is 13.3. The average molecular weight is 340 g/mol. The van der Waals surface area contributed by atoms with Crippen LogP contribution in [-0.4, -0.2) is 14.1 Å². The van der Waals surface area contributed by atoms with E-state index < -0.39 is 0 Å². The van der Waals surface area contributed by atoms with Crippen LogP contribution in [0.1, 0.15) is 17.2 Å². The standard InChI is InChI=1S/C18H14ClN3O2/c1-21-15-7-6-12(10-16(15)24-18(21)23)17(22-9-8-20-11-22)13-4-2-3-5-14(13)19/h2-11,17H,1H3. The smallest absolute Gasteiger partial charge is 0.408 e. The Bertz CT molecular complexity index is 1060. The second kappa shape index (κ2) is 5.69. The zero-order valence-electron chi connectivity index (χ0n) is 12.9. The quantitative estimate of drug-likeness (QED) is 0.573. The van der Waals surface area contributed by atoms with Crippen molar-refractivity contribution in [1.82, 2.24) is 14.1 Å². The maximum absolute atomic E-state index is 11.7. The van der Waals surface area contributed by atoms with Gasteiger partial charge in [-0.2, -0.15) is 0 Å². The van der Waals surface area contributed by atoms with Crippen LogP contribution in [0.5, 0.6) is 0 Å². The van der Waals surface area contributed by atoms with Crippen molar-refractivity contribution in [3.8, 4) is 0 Å². The fourth-order valence-electron chi connectivity index (χ4n) is 2.95. The molecule has 1 unspecified atom stereocenters. The van der Waals surface area contributed by atoms with E-state index >= 15 is 0 Å². The topological polar surface area (TPSA) is 53.0 Å². The molecule has 1 atom stereocenters. The molecular weight excluding hydrogens is 326 g/mol. The van der Waals surface area contributed by atoms with E-state index in [2.05, 4.69) is 4.98 Å². The molecule has 4 rings (SSSR count). The van der Waals surface area contributed by atoms with Gasteiger partial charge in [0.05, 0.1) is 17.9 Å². The third-order valence-corrected chi connectivity index (χ3v) is 4.50. The number of aryl methyl sites for hydroxylation is 1. The summed E-state index contributed by atoms with van der Waals surface area (Å²) in [4.78, 5) is 15.9. The largest absolute Gasteiger partial charge is 0.419 e. The molecule has 6 heteroatoms. The van der Waals surface area contributed by atoms with E-state index in [1.54, 1.807) is 19.6 Å². The fourth-order valence-corrected chi connectivity index (χ4v) is 3.19. The van der Waals surface area contributed by atoms with Gasteiger partial charge in [-0.05, 0) is 29.3 Å². The minimum absolute atomic E-state index is 0.156. The van der Waals surface area contributed by atoms with Crippen LogP contribution in [0.2, 0.25) is 5.02 Å². The van der Waals surface area contributed by atoms with Gasteiger partial charge in [0, 0.05) is 24.5 Å². The molecule has 2 aromatic carbocycles. The molecule has 0 aliphatic rings. The van der Waals surface area contributed by atoms with E-state index in [0.717, 1.165) is 16.6 Å². The third-order valence-electron chi connectivity index (χ3n) is 4.15. The summed E-state index contributed by atoms with van der Waals surface area (Å²) < 4.78 is 8.79. The molecule has 0 amide bonds. The molecule has 0 bridgehead atoms. The van der Waals surface area contributed by atoms with Crippen LogP contribution in [0.25, 0.3) is 11.1 Å². The molecule has 120 valence electrons. The van der Waals surface area contributed by atoms with Gasteiger partial charge in [0.2, 0.25) is 0 Å². The monoisotopic (exact) mass is 339 g/mol. The highest BCUT2D eigenvalue weighted by molar-refractivity contribution is 6.31. The number of hydrogen-bond donors (Lipinski definition) is 0. The van der Waals surface area contributed by atoms with E-state index in [9.17, 15) is 4.79 Å². The second-order valence-electron chi connectivity index (χ2n) is 5.59. The van der Waals surface area contributed by atoms with E-state index in [0.29, 0.717) is 10.6 Å². The second-order valence-corrected chi connectivity index (χ2v) is 6.00. The summed E-state index contributed by atoms with van der Waals surface area (Å²) in [7, 11) is 1.69. The van der Waals surface area contributed by atoms with Crippen LogP contribution in [-0.2, 0) is 7.05 Å². The van der Waals surface area contributed by atoms with Crippen LogP contribution in [0.15, 0.2) is 70.4 Å². The summed E-state index contributed by atoms with van der Waals surface area (Å²) in [5, 5.41) is 0.672. The zero-order chi connectivity index (χ0) is 16.7. The molecule has 0 spiro atoms. The summed E-state index contributed by atoms with van der Waals surface area (Å²) in [5.41, 5.74) is 3.22. The maximum Gasteiger partial charge on any atom is 0.419 e. The summed E-state index contributed by atoms with van der Waals surface area (Å²) in [6.45, 7) is 0. The Balaban J connectivity index is 1.94. The minimum Gasteiger partial charge on any atom is -0.408 e. The number of fused-ring (bicyclic) bond motifs is 1. The van der Waals surface area contributed by atoms with E-state index in [4.69, 9.17) is 16.0 Å². The normalized spacial score (nSPS) is 12.6. The third kappa shape index (κ3) is 2.34. The number of nitrogens with zero attached hydrogens (tertiary/aromatic N) is 3. The first-order valence-electron chi connectivity index (χ1n) is 7.46. The van der Waals surface area contributed by atoms with E-state index in [-0.39, 0.29) is 11.8 Å². The van der Waals surface area contributed by atoms with Crippen molar-refractivity contribution in [2.45, 2.75) is 6.04 Å². The van der Waals surface area contributed by atoms with E-state index in [1.165, 1.54) is 4.57 Å². The first-order chi connectivity index (χ1) is 11.6. The van der Waals surface area contributed by atoms with Crippen LogP contribution in [0.3, 0.4) is 0 Å². The van der Waals surface area contributed by atoms with Gasteiger partial charge < -0.3 is 8.98 Å². The zero-order valence-corrected chi connectivity index (χ0v) is 13.6. The van der Waals surface area contributed by atoms with Gasteiger partial charge in [0.15, 0.2) is 5.58 Å². The molecule has 24 heavy (non-hydrogen) atoms. The number of oxazole rings is 1. The number of hydrogen-bond acceptors (Lipinski definition) is 3. The van der Waals surface area contributed by atoms with Crippen LogP contribution >= 0.6 is 11.6 Å². The molecule has 0 radical (unpaired) electrons. The van der Waals surface area contributed by atoms with Crippen LogP contribution in [0.4, 0.5) is 0 Å². The van der Waals surface area contributed by atoms with Crippen molar-refractivity contribution in [3.05, 3.63) is 87.9 Å². The molecule has 0 aliphatic carbocycles. The lowest BCUT2D eigenvalue weighted by molar-refractivity contribution is 0.527. The van der Waals surface area contributed by atoms with Gasteiger partial charge in [0.25, 0.3) is 0 Å². The Morgan fingerprint density at radius 2 is 2.04 bits per heavy atom. The van der Waals surface area contributed by atoms with Gasteiger partial charge in [-0.1, -0.05) is 35.9 Å². The molecule has 5 nitrogen and oxygen atoms in total. The Morgan fingerprint density at radius 3 is 2.79 bits per heavy atom. The minimum atomic E-state index is -0.376. The Kier molecular flexibility index (Phi) is 3.50. The number of rotatable bonds is 3. The Morgan fingerprint density at radius 1 is 1.21 bits per heavy atom. The van der Waals surface area contributed by atoms with Crippen molar-refractivity contribution in [3.63, 3.8) is 0 Å². The van der Waals surface area contributed by atoms with E-state index in [1.807, 2.05) is 53.2 Å². The molecule has 0 saturated carbocycles. The molecule has 2 heterocycles. The molecule has 4 aromatic rings. The number of benzene rings is 2. The van der Waals surface area contributed by atoms with Crippen molar-refractivity contribution >= 4 is 22.7 Å². The van der Waals surface area contributed by atoms with Crippen molar-refractivity contribution in [2.24, 2.45) is 7.05 Å². The first kappa shape index (κ1) is 14.8. The molecule has 0 fully saturated rings. The average Bonchev–Trinajstić information content (AvgIpc) is 3.19. The van der Waals surface area contributed by atoms with Crippen molar-refractivity contribution in [1.29, 1.82) is 0 Å². The highest BCUT2D eigenvalue weighted by atomic mass is 35.5. The van der Waals surface area contributed by atoms with Crippen LogP contribution in [0, 0.1) is 0 Å². The molecule has 0 aliphatic heterocycles. The lowest BCUT2D eigenvalue weighted by atomic mass is 9.98. The van der Waals surface area contributed by atoms with Crippen LogP contribution < -0.4 is 5.76 Å². The predicted molar refractivity (Wildman–Crippen MR) is 92.4 cm³/mol. The summed E-state index contributed by atoms with van der Waals surface area (Å²) in [5.74, 6) is -0.376. The number of imidazole rings is 1. The first-order valence-corrected chi connectivity index (χ1v) is 7.84. The van der Waals surface area contributed by atoms with Crippen molar-refractivity contribution in [2.75, 3.05) is 0 Å². The summed E-state index contributed by atoms with van der Waals surface area (Å²) in [6.07, 6.45) is 5.36. The lowest BCUT2D eigenvalue weighted by Crippen LogP contribution is -2.11. The summed E-state index contributed by atoms with van der Waals surface area (Å²) >= 11 is 6.42.